The Labute approximate surface area is 132 Å². The van der Waals surface area contributed by atoms with Crippen LogP contribution in [0.2, 0.25) is 0 Å². The van der Waals surface area contributed by atoms with E-state index in [1.54, 1.807) is 23.8 Å². The summed E-state index contributed by atoms with van der Waals surface area (Å²) in [6.07, 6.45) is 1.66. The van der Waals surface area contributed by atoms with E-state index < -0.39 is 5.82 Å². The second-order valence-corrected chi connectivity index (χ2v) is 5.31. The first-order valence-electron chi connectivity index (χ1n) is 7.12. The monoisotopic (exact) mass is 307 g/mol. The predicted octanol–water partition coefficient (Wildman–Crippen LogP) is 3.60. The Morgan fingerprint density at radius 2 is 2.09 bits per heavy atom. The van der Waals surface area contributed by atoms with Crippen molar-refractivity contribution in [2.24, 2.45) is 0 Å². The number of aromatic nitrogens is 1. The van der Waals surface area contributed by atoms with Gasteiger partial charge in [0.15, 0.2) is 0 Å². The number of rotatable bonds is 3. The molecule has 5 heteroatoms. The summed E-state index contributed by atoms with van der Waals surface area (Å²) in [6, 6.07) is 13.8. The third-order valence-corrected chi connectivity index (χ3v) is 3.70. The fourth-order valence-electron chi connectivity index (χ4n) is 2.54. The van der Waals surface area contributed by atoms with Crippen LogP contribution in [0.25, 0.3) is 10.9 Å². The SMILES string of the molecule is Cc1ccc(F)cc1NC(=O)Cn1cc(C#N)c2ccccc21. The molecule has 0 aliphatic rings. The third kappa shape index (κ3) is 2.92. The van der Waals surface area contributed by atoms with E-state index in [4.69, 9.17) is 0 Å². The van der Waals surface area contributed by atoms with E-state index in [1.807, 2.05) is 24.3 Å². The topological polar surface area (TPSA) is 57.8 Å². The number of anilines is 1. The Morgan fingerprint density at radius 1 is 1.30 bits per heavy atom. The summed E-state index contributed by atoms with van der Waals surface area (Å²) < 4.78 is 15.0. The highest BCUT2D eigenvalue weighted by Gasteiger charge is 2.11. The van der Waals surface area contributed by atoms with Gasteiger partial charge in [-0.05, 0) is 30.7 Å². The van der Waals surface area contributed by atoms with Gasteiger partial charge in [0.2, 0.25) is 5.91 Å². The molecule has 1 aromatic heterocycles. The number of nitrogens with one attached hydrogen (secondary N) is 1. The number of fused-ring (bicyclic) bond motifs is 1. The number of hydrogen-bond donors (Lipinski definition) is 1. The molecule has 0 aliphatic carbocycles. The quantitative estimate of drug-likeness (QED) is 0.803. The molecule has 3 aromatic rings. The predicted molar refractivity (Wildman–Crippen MR) is 86.4 cm³/mol. The Hall–Kier alpha value is -3.13. The fraction of sp³-hybridized carbons (Fsp3) is 0.111. The van der Waals surface area contributed by atoms with Gasteiger partial charge in [-0.3, -0.25) is 4.79 Å². The number of para-hydroxylation sites is 1. The maximum atomic E-state index is 13.3. The molecule has 114 valence electrons. The fourth-order valence-corrected chi connectivity index (χ4v) is 2.54. The minimum absolute atomic E-state index is 0.0537. The van der Waals surface area contributed by atoms with E-state index in [2.05, 4.69) is 11.4 Å². The van der Waals surface area contributed by atoms with Gasteiger partial charge in [0.25, 0.3) is 0 Å². The lowest BCUT2D eigenvalue weighted by atomic mass is 10.2. The number of carbonyl (C=O) groups excluding carboxylic acids is 1. The highest BCUT2D eigenvalue weighted by Crippen LogP contribution is 2.21. The first kappa shape index (κ1) is 14.8. The van der Waals surface area contributed by atoms with Crippen LogP contribution >= 0.6 is 0 Å². The van der Waals surface area contributed by atoms with Gasteiger partial charge in [-0.1, -0.05) is 24.3 Å². The van der Waals surface area contributed by atoms with Crippen molar-refractivity contribution >= 4 is 22.5 Å². The van der Waals surface area contributed by atoms with Crippen LogP contribution in [-0.4, -0.2) is 10.5 Å². The van der Waals surface area contributed by atoms with Crippen LogP contribution in [0.15, 0.2) is 48.7 Å². The first-order valence-corrected chi connectivity index (χ1v) is 7.12. The van der Waals surface area contributed by atoms with Crippen molar-refractivity contribution in [1.29, 1.82) is 5.26 Å². The molecule has 0 atom stereocenters. The number of halogens is 1. The summed E-state index contributed by atoms with van der Waals surface area (Å²) in [7, 11) is 0. The van der Waals surface area contributed by atoms with E-state index in [9.17, 15) is 14.4 Å². The molecule has 0 saturated heterocycles. The second-order valence-electron chi connectivity index (χ2n) is 5.31. The molecular weight excluding hydrogens is 293 g/mol. The normalized spacial score (nSPS) is 10.5. The van der Waals surface area contributed by atoms with E-state index in [0.29, 0.717) is 11.3 Å². The van der Waals surface area contributed by atoms with Crippen molar-refractivity contribution in [2.75, 3.05) is 5.32 Å². The highest BCUT2D eigenvalue weighted by molar-refractivity contribution is 5.93. The molecule has 0 aliphatic heterocycles. The number of carbonyl (C=O) groups is 1. The minimum Gasteiger partial charge on any atom is -0.337 e. The van der Waals surface area contributed by atoms with E-state index in [0.717, 1.165) is 16.5 Å². The average molecular weight is 307 g/mol. The Bertz CT molecular complexity index is 937. The zero-order valence-electron chi connectivity index (χ0n) is 12.5. The molecule has 23 heavy (non-hydrogen) atoms. The van der Waals surface area contributed by atoms with Crippen molar-refractivity contribution in [3.8, 4) is 6.07 Å². The van der Waals surface area contributed by atoms with Gasteiger partial charge >= 0.3 is 0 Å². The molecule has 0 saturated carbocycles. The lowest BCUT2D eigenvalue weighted by molar-refractivity contribution is -0.116. The largest absolute Gasteiger partial charge is 0.337 e. The number of hydrogen-bond acceptors (Lipinski definition) is 2. The smallest absolute Gasteiger partial charge is 0.244 e. The summed E-state index contributed by atoms with van der Waals surface area (Å²) >= 11 is 0. The molecule has 0 fully saturated rings. The van der Waals surface area contributed by atoms with E-state index in [-0.39, 0.29) is 12.5 Å². The van der Waals surface area contributed by atoms with Gasteiger partial charge in [-0.15, -0.1) is 0 Å². The van der Waals surface area contributed by atoms with Crippen LogP contribution in [0.3, 0.4) is 0 Å². The molecular formula is C18H14FN3O. The molecule has 0 bridgehead atoms. The van der Waals surface area contributed by atoms with E-state index in [1.165, 1.54) is 12.1 Å². The summed E-state index contributed by atoms with van der Waals surface area (Å²) in [5.41, 5.74) is 2.58. The lowest BCUT2D eigenvalue weighted by Gasteiger charge is -2.09. The van der Waals surface area contributed by atoms with Gasteiger partial charge in [0.05, 0.1) is 5.56 Å². The minimum atomic E-state index is -0.399. The van der Waals surface area contributed by atoms with Gasteiger partial charge < -0.3 is 9.88 Å². The lowest BCUT2D eigenvalue weighted by Crippen LogP contribution is -2.18. The summed E-state index contributed by atoms with van der Waals surface area (Å²) in [4.78, 5) is 12.2. The summed E-state index contributed by atoms with van der Waals surface area (Å²) in [5.74, 6) is -0.673. The van der Waals surface area contributed by atoms with Crippen LogP contribution in [0.1, 0.15) is 11.1 Å². The standard InChI is InChI=1S/C18H14FN3O/c1-12-6-7-14(19)8-16(12)21-18(23)11-22-10-13(9-20)15-4-2-3-5-17(15)22/h2-8,10H,11H2,1H3,(H,21,23). The van der Waals surface area contributed by atoms with Crippen molar-refractivity contribution in [1.82, 2.24) is 4.57 Å². The van der Waals surface area contributed by atoms with E-state index >= 15 is 0 Å². The molecule has 3 rings (SSSR count). The molecule has 1 N–H and O–H groups in total. The summed E-state index contributed by atoms with van der Waals surface area (Å²) in [6.45, 7) is 1.85. The molecule has 0 spiro atoms. The van der Waals surface area contributed by atoms with Crippen molar-refractivity contribution in [3.63, 3.8) is 0 Å². The summed E-state index contributed by atoms with van der Waals surface area (Å²) in [5, 5.41) is 12.7. The van der Waals surface area contributed by atoms with Crippen LogP contribution in [0, 0.1) is 24.1 Å². The second kappa shape index (κ2) is 5.93. The Kier molecular flexibility index (Phi) is 3.82. The number of nitriles is 1. The van der Waals surface area contributed by atoms with Crippen LogP contribution in [0.5, 0.6) is 0 Å². The van der Waals surface area contributed by atoms with Gasteiger partial charge in [0, 0.05) is 22.8 Å². The van der Waals surface area contributed by atoms with Gasteiger partial charge in [0.1, 0.15) is 18.4 Å². The highest BCUT2D eigenvalue weighted by atomic mass is 19.1. The molecule has 1 heterocycles. The van der Waals surface area contributed by atoms with Crippen LogP contribution in [0.4, 0.5) is 10.1 Å². The molecule has 4 nitrogen and oxygen atoms in total. The Morgan fingerprint density at radius 3 is 2.87 bits per heavy atom. The Balaban J connectivity index is 1.86. The average Bonchev–Trinajstić information content (AvgIpc) is 2.89. The molecule has 1 amide bonds. The number of benzene rings is 2. The third-order valence-electron chi connectivity index (χ3n) is 3.70. The molecule has 0 unspecified atom stereocenters. The zero-order valence-corrected chi connectivity index (χ0v) is 12.5. The zero-order chi connectivity index (χ0) is 16.4. The molecule has 2 aromatic carbocycles. The van der Waals surface area contributed by atoms with Crippen LogP contribution in [-0.2, 0) is 11.3 Å². The van der Waals surface area contributed by atoms with Crippen molar-refractivity contribution < 1.29 is 9.18 Å². The van der Waals surface area contributed by atoms with Crippen molar-refractivity contribution in [3.05, 3.63) is 65.6 Å². The van der Waals surface area contributed by atoms with Gasteiger partial charge in [-0.2, -0.15) is 5.26 Å². The van der Waals surface area contributed by atoms with Gasteiger partial charge in [-0.25, -0.2) is 4.39 Å². The molecule has 0 radical (unpaired) electrons. The maximum Gasteiger partial charge on any atom is 0.244 e. The van der Waals surface area contributed by atoms with Crippen LogP contribution < -0.4 is 5.32 Å². The number of nitrogens with zero attached hydrogens (tertiary/aromatic N) is 2. The number of amides is 1. The van der Waals surface area contributed by atoms with Crippen molar-refractivity contribution in [2.45, 2.75) is 13.5 Å². The maximum absolute atomic E-state index is 13.3. The first-order chi connectivity index (χ1) is 11.1. The number of aryl methyl sites for hydroxylation is 1.